The lowest BCUT2D eigenvalue weighted by atomic mass is 10.1. The Kier molecular flexibility index (Phi) is 7.79. The van der Waals surface area contributed by atoms with E-state index in [-0.39, 0.29) is 0 Å². The minimum absolute atomic E-state index is 0.372. The minimum atomic E-state index is 0.372. The fourth-order valence-electron chi connectivity index (χ4n) is 3.94. The molecule has 12 nitrogen and oxygen atoms in total. The maximum absolute atomic E-state index is 9.50. The molecule has 1 saturated heterocycles. The van der Waals surface area contributed by atoms with Gasteiger partial charge in [0.25, 0.3) is 0 Å². The van der Waals surface area contributed by atoms with Gasteiger partial charge in [0.15, 0.2) is 23.2 Å². The first-order valence-electron chi connectivity index (χ1n) is 12.0. The van der Waals surface area contributed by atoms with Crippen molar-refractivity contribution in [2.75, 3.05) is 50.3 Å². The molecule has 12 heteroatoms. The van der Waals surface area contributed by atoms with Gasteiger partial charge in [0, 0.05) is 45.0 Å². The maximum atomic E-state index is 9.50. The van der Waals surface area contributed by atoms with Gasteiger partial charge in [0.2, 0.25) is 0 Å². The summed E-state index contributed by atoms with van der Waals surface area (Å²) in [7, 11) is 1.83. The van der Waals surface area contributed by atoms with Crippen LogP contribution < -0.4 is 15.5 Å². The summed E-state index contributed by atoms with van der Waals surface area (Å²) >= 11 is 0. The zero-order valence-corrected chi connectivity index (χ0v) is 20.5. The van der Waals surface area contributed by atoms with Gasteiger partial charge in [0.05, 0.1) is 43.6 Å². The lowest BCUT2D eigenvalue weighted by Gasteiger charge is -2.26. The summed E-state index contributed by atoms with van der Waals surface area (Å²) in [5.41, 5.74) is 5.18. The number of morpholine rings is 1. The van der Waals surface area contributed by atoms with Crippen molar-refractivity contribution in [2.45, 2.75) is 6.54 Å². The van der Waals surface area contributed by atoms with Crippen molar-refractivity contribution in [3.8, 4) is 28.5 Å². The zero-order valence-electron chi connectivity index (χ0n) is 20.5. The third-order valence-electron chi connectivity index (χ3n) is 5.93. The second-order valence-electron chi connectivity index (χ2n) is 8.57. The van der Waals surface area contributed by atoms with Crippen molar-refractivity contribution in [3.63, 3.8) is 0 Å². The minimum Gasteiger partial charge on any atom is -0.489 e. The van der Waals surface area contributed by atoms with Gasteiger partial charge >= 0.3 is 0 Å². The van der Waals surface area contributed by atoms with Crippen LogP contribution in [0.25, 0.3) is 22.8 Å². The van der Waals surface area contributed by atoms with Gasteiger partial charge in [-0.05, 0) is 11.6 Å². The Morgan fingerprint density at radius 1 is 1.03 bits per heavy atom. The number of aryl methyl sites for hydroxylation is 1. The normalized spacial score (nSPS) is 13.9. The SMILES string of the molecule is Cn1cc(-c2ncc(NO)c(NCc3cccc(-c4ncc(OCCN5CCOCC5)cn4)c3)n2)cn1. The molecule has 1 aliphatic rings. The molecular formula is C25H29N9O3. The summed E-state index contributed by atoms with van der Waals surface area (Å²) in [6.45, 7) is 5.32. The predicted molar refractivity (Wildman–Crippen MR) is 137 cm³/mol. The highest BCUT2D eigenvalue weighted by atomic mass is 16.5. The Balaban J connectivity index is 1.21. The number of hydrogen-bond donors (Lipinski definition) is 3. The lowest BCUT2D eigenvalue weighted by molar-refractivity contribution is 0.0322. The van der Waals surface area contributed by atoms with Crippen LogP contribution >= 0.6 is 0 Å². The molecule has 37 heavy (non-hydrogen) atoms. The fraction of sp³-hybridized carbons (Fsp3) is 0.320. The van der Waals surface area contributed by atoms with Crippen LogP contribution in [0, 0.1) is 0 Å². The van der Waals surface area contributed by atoms with Gasteiger partial charge in [-0.25, -0.2) is 19.9 Å². The predicted octanol–water partition coefficient (Wildman–Crippen LogP) is 2.46. The van der Waals surface area contributed by atoms with E-state index in [1.807, 2.05) is 37.5 Å². The molecule has 0 aliphatic carbocycles. The Hall–Kier alpha value is -4.13. The van der Waals surface area contributed by atoms with E-state index in [1.54, 1.807) is 23.3 Å². The summed E-state index contributed by atoms with van der Waals surface area (Å²) < 4.78 is 12.9. The summed E-state index contributed by atoms with van der Waals surface area (Å²) in [6.07, 6.45) is 8.44. The smallest absolute Gasteiger partial charge is 0.164 e. The first-order chi connectivity index (χ1) is 18.2. The number of anilines is 2. The first-order valence-corrected chi connectivity index (χ1v) is 12.0. The molecule has 3 N–H and O–H groups in total. The third-order valence-corrected chi connectivity index (χ3v) is 5.93. The molecule has 0 unspecified atom stereocenters. The van der Waals surface area contributed by atoms with Crippen molar-refractivity contribution < 1.29 is 14.7 Å². The Bertz CT molecular complexity index is 1310. The van der Waals surface area contributed by atoms with Gasteiger partial charge in [-0.2, -0.15) is 5.10 Å². The molecule has 0 radical (unpaired) electrons. The lowest BCUT2D eigenvalue weighted by Crippen LogP contribution is -2.38. The van der Waals surface area contributed by atoms with E-state index in [0.29, 0.717) is 42.1 Å². The zero-order chi connectivity index (χ0) is 25.5. The van der Waals surface area contributed by atoms with Crippen LogP contribution in [0.15, 0.2) is 55.2 Å². The molecule has 192 valence electrons. The highest BCUT2D eigenvalue weighted by molar-refractivity contribution is 5.66. The molecule has 1 fully saturated rings. The monoisotopic (exact) mass is 503 g/mol. The van der Waals surface area contributed by atoms with Crippen LogP contribution in [0.2, 0.25) is 0 Å². The van der Waals surface area contributed by atoms with Crippen LogP contribution in [0.4, 0.5) is 11.5 Å². The van der Waals surface area contributed by atoms with E-state index < -0.39 is 0 Å². The second-order valence-corrected chi connectivity index (χ2v) is 8.57. The number of benzene rings is 1. The molecule has 0 amide bonds. The van der Waals surface area contributed by atoms with E-state index in [1.165, 1.54) is 6.20 Å². The largest absolute Gasteiger partial charge is 0.489 e. The highest BCUT2D eigenvalue weighted by Gasteiger charge is 2.12. The molecule has 1 aromatic carbocycles. The van der Waals surface area contributed by atoms with E-state index in [2.05, 4.69) is 40.7 Å². The highest BCUT2D eigenvalue weighted by Crippen LogP contribution is 2.24. The Labute approximate surface area is 214 Å². The van der Waals surface area contributed by atoms with Gasteiger partial charge in [-0.3, -0.25) is 20.3 Å². The van der Waals surface area contributed by atoms with Crippen LogP contribution in [0.5, 0.6) is 5.75 Å². The molecule has 0 saturated carbocycles. The van der Waals surface area contributed by atoms with Crippen LogP contribution in [0.3, 0.4) is 0 Å². The van der Waals surface area contributed by atoms with Crippen molar-refractivity contribution in [3.05, 3.63) is 60.8 Å². The second kappa shape index (κ2) is 11.7. The van der Waals surface area contributed by atoms with Gasteiger partial charge < -0.3 is 14.8 Å². The van der Waals surface area contributed by atoms with E-state index in [4.69, 9.17) is 9.47 Å². The molecule has 1 aliphatic heterocycles. The molecule has 4 aromatic rings. The average molecular weight is 504 g/mol. The summed E-state index contributed by atoms with van der Waals surface area (Å²) in [6, 6.07) is 7.92. The van der Waals surface area contributed by atoms with Gasteiger partial charge in [-0.1, -0.05) is 18.2 Å². The van der Waals surface area contributed by atoms with Gasteiger partial charge in [-0.15, -0.1) is 0 Å². The molecule has 0 atom stereocenters. The number of ether oxygens (including phenoxy) is 2. The number of nitrogens with zero attached hydrogens (tertiary/aromatic N) is 7. The standard InChI is InChI=1S/C25H29N9O3/c1-33-17-20(13-30-33)24-29-16-22(32-35)25(31-24)26-12-18-3-2-4-19(11-18)23-27-14-21(15-28-23)37-10-7-34-5-8-36-9-6-34/h2-4,11,13-17,32,35H,5-10,12H2,1H3,(H,26,29,31). The molecule has 5 rings (SSSR count). The number of hydrogen-bond acceptors (Lipinski definition) is 11. The average Bonchev–Trinajstić information content (AvgIpc) is 3.39. The van der Waals surface area contributed by atoms with Crippen LogP contribution in [-0.2, 0) is 18.3 Å². The Morgan fingerprint density at radius 3 is 2.59 bits per heavy atom. The van der Waals surface area contributed by atoms with Crippen molar-refractivity contribution in [1.29, 1.82) is 0 Å². The molecule has 3 aromatic heterocycles. The topological polar surface area (TPSA) is 135 Å². The summed E-state index contributed by atoms with van der Waals surface area (Å²) in [5, 5.41) is 16.9. The number of nitrogens with one attached hydrogen (secondary N) is 2. The van der Waals surface area contributed by atoms with E-state index in [0.717, 1.165) is 49.5 Å². The fourth-order valence-corrected chi connectivity index (χ4v) is 3.94. The summed E-state index contributed by atoms with van der Waals surface area (Å²) in [4.78, 5) is 20.1. The van der Waals surface area contributed by atoms with E-state index in [9.17, 15) is 5.21 Å². The maximum Gasteiger partial charge on any atom is 0.164 e. The molecular weight excluding hydrogens is 474 g/mol. The number of rotatable bonds is 10. The Morgan fingerprint density at radius 2 is 1.84 bits per heavy atom. The van der Waals surface area contributed by atoms with Crippen LogP contribution in [-0.4, -0.2) is 79.3 Å². The number of aromatic nitrogens is 6. The molecule has 0 bridgehead atoms. The first kappa shape index (κ1) is 24.6. The van der Waals surface area contributed by atoms with Gasteiger partial charge in [0.1, 0.15) is 12.3 Å². The third kappa shape index (κ3) is 6.36. The van der Waals surface area contributed by atoms with Crippen molar-refractivity contribution in [1.82, 2.24) is 34.6 Å². The van der Waals surface area contributed by atoms with Crippen molar-refractivity contribution >= 4 is 11.5 Å². The van der Waals surface area contributed by atoms with Crippen molar-refractivity contribution in [2.24, 2.45) is 7.05 Å². The molecule has 0 spiro atoms. The molecule has 4 heterocycles. The van der Waals surface area contributed by atoms with E-state index >= 15 is 0 Å². The summed E-state index contributed by atoms with van der Waals surface area (Å²) in [5.74, 6) is 2.23. The quantitative estimate of drug-likeness (QED) is 0.275. The van der Waals surface area contributed by atoms with Crippen LogP contribution in [0.1, 0.15) is 5.56 Å².